The number of hydrogen-bond donors (Lipinski definition) is 1. The zero-order chi connectivity index (χ0) is 11.8. The lowest BCUT2D eigenvalue weighted by atomic mass is 9.84. The van der Waals surface area contributed by atoms with E-state index in [-0.39, 0.29) is 12.1 Å². The molecule has 0 unspecified atom stereocenters. The Kier molecular flexibility index (Phi) is 2.65. The molecule has 4 nitrogen and oxygen atoms in total. The SMILES string of the molecule is C[C@@H](NC(=O)n1ccnc1)[C@@H]1C[C@H]2CC[C@H]1C2. The highest BCUT2D eigenvalue weighted by atomic mass is 16.2. The molecule has 1 aromatic heterocycles. The molecule has 0 radical (unpaired) electrons. The molecule has 0 spiro atoms. The monoisotopic (exact) mass is 233 g/mol. The van der Waals surface area contributed by atoms with E-state index in [1.807, 2.05) is 0 Å². The minimum Gasteiger partial charge on any atom is -0.335 e. The molecule has 0 aliphatic heterocycles. The van der Waals surface area contributed by atoms with Gasteiger partial charge in [0.25, 0.3) is 0 Å². The van der Waals surface area contributed by atoms with Crippen LogP contribution in [0.15, 0.2) is 18.7 Å². The van der Waals surface area contributed by atoms with E-state index >= 15 is 0 Å². The van der Waals surface area contributed by atoms with Gasteiger partial charge < -0.3 is 5.32 Å². The van der Waals surface area contributed by atoms with Crippen LogP contribution < -0.4 is 5.32 Å². The topological polar surface area (TPSA) is 46.9 Å². The molecule has 2 aliphatic rings. The number of aromatic nitrogens is 2. The van der Waals surface area contributed by atoms with Crippen molar-refractivity contribution in [3.63, 3.8) is 0 Å². The van der Waals surface area contributed by atoms with E-state index < -0.39 is 0 Å². The second-order valence-electron chi connectivity index (χ2n) is 5.55. The summed E-state index contributed by atoms with van der Waals surface area (Å²) in [4.78, 5) is 15.8. The molecule has 3 rings (SSSR count). The van der Waals surface area contributed by atoms with Crippen molar-refractivity contribution in [3.8, 4) is 0 Å². The molecule has 0 aromatic carbocycles. The molecular formula is C13H19N3O. The molecule has 2 saturated carbocycles. The van der Waals surface area contributed by atoms with Gasteiger partial charge in [-0.3, -0.25) is 4.57 Å². The number of rotatable bonds is 2. The molecule has 2 fully saturated rings. The maximum Gasteiger partial charge on any atom is 0.327 e. The molecule has 92 valence electrons. The highest BCUT2D eigenvalue weighted by Gasteiger charge is 2.42. The van der Waals surface area contributed by atoms with Gasteiger partial charge in [-0.1, -0.05) is 6.42 Å². The number of carbonyl (C=O) groups excluding carboxylic acids is 1. The molecule has 2 aliphatic carbocycles. The average molecular weight is 233 g/mol. The number of hydrogen-bond acceptors (Lipinski definition) is 2. The van der Waals surface area contributed by atoms with Gasteiger partial charge in [0.1, 0.15) is 6.33 Å². The number of carbonyl (C=O) groups is 1. The van der Waals surface area contributed by atoms with Gasteiger partial charge in [0.2, 0.25) is 0 Å². The van der Waals surface area contributed by atoms with Gasteiger partial charge in [-0.15, -0.1) is 0 Å². The van der Waals surface area contributed by atoms with E-state index in [0.717, 1.165) is 11.8 Å². The van der Waals surface area contributed by atoms with Gasteiger partial charge in [0.15, 0.2) is 0 Å². The van der Waals surface area contributed by atoms with Crippen LogP contribution in [0.4, 0.5) is 4.79 Å². The van der Waals surface area contributed by atoms with Crippen molar-refractivity contribution in [1.82, 2.24) is 14.9 Å². The Balaban J connectivity index is 1.60. The smallest absolute Gasteiger partial charge is 0.327 e. The van der Waals surface area contributed by atoms with E-state index in [9.17, 15) is 4.79 Å². The number of nitrogens with one attached hydrogen (secondary N) is 1. The second-order valence-corrected chi connectivity index (χ2v) is 5.55. The summed E-state index contributed by atoms with van der Waals surface area (Å²) in [5.74, 6) is 2.46. The third-order valence-corrected chi connectivity index (χ3v) is 4.53. The van der Waals surface area contributed by atoms with Crippen molar-refractivity contribution >= 4 is 6.03 Å². The van der Waals surface area contributed by atoms with Gasteiger partial charge in [0.05, 0.1) is 0 Å². The van der Waals surface area contributed by atoms with E-state index in [1.165, 1.54) is 30.3 Å². The molecule has 4 atom stereocenters. The van der Waals surface area contributed by atoms with Crippen LogP contribution >= 0.6 is 0 Å². The summed E-state index contributed by atoms with van der Waals surface area (Å²) in [6, 6.07) is 0.220. The summed E-state index contributed by atoms with van der Waals surface area (Å²) in [5, 5.41) is 3.09. The van der Waals surface area contributed by atoms with Crippen LogP contribution in [0, 0.1) is 17.8 Å². The van der Waals surface area contributed by atoms with Crippen molar-refractivity contribution in [2.24, 2.45) is 17.8 Å². The Morgan fingerprint density at radius 1 is 1.47 bits per heavy atom. The van der Waals surface area contributed by atoms with E-state index in [2.05, 4.69) is 17.2 Å². The second kappa shape index (κ2) is 4.17. The molecule has 0 saturated heterocycles. The first-order valence-corrected chi connectivity index (χ1v) is 6.53. The molecule has 1 amide bonds. The summed E-state index contributed by atoms with van der Waals surface area (Å²) in [6.07, 6.45) is 10.3. The Morgan fingerprint density at radius 2 is 2.35 bits per heavy atom. The van der Waals surface area contributed by atoms with Gasteiger partial charge in [-0.05, 0) is 43.9 Å². The lowest BCUT2D eigenvalue weighted by Crippen LogP contribution is -2.41. The Hall–Kier alpha value is -1.32. The predicted octanol–water partition coefficient (Wildman–Crippen LogP) is 2.27. The van der Waals surface area contributed by atoms with Gasteiger partial charge in [-0.25, -0.2) is 9.78 Å². The van der Waals surface area contributed by atoms with Crippen molar-refractivity contribution in [2.45, 2.75) is 38.6 Å². The lowest BCUT2D eigenvalue weighted by molar-refractivity contribution is 0.221. The van der Waals surface area contributed by atoms with E-state index in [4.69, 9.17) is 0 Å². The normalized spacial score (nSPS) is 32.6. The molecule has 17 heavy (non-hydrogen) atoms. The fourth-order valence-corrected chi connectivity index (χ4v) is 3.66. The largest absolute Gasteiger partial charge is 0.335 e. The molecule has 1 heterocycles. The number of imidazole rings is 1. The zero-order valence-corrected chi connectivity index (χ0v) is 10.2. The van der Waals surface area contributed by atoms with Crippen LogP contribution in [0.25, 0.3) is 0 Å². The highest BCUT2D eigenvalue weighted by molar-refractivity contribution is 5.76. The molecule has 1 N–H and O–H groups in total. The summed E-state index contributed by atoms with van der Waals surface area (Å²) in [5.41, 5.74) is 0. The standard InChI is InChI=1S/C13H19N3O/c1-9(12-7-10-2-3-11(12)6-10)15-13(17)16-5-4-14-8-16/h4-5,8-12H,2-3,6-7H2,1H3,(H,15,17)/t9-,10+,11+,12+/m1/s1. The summed E-state index contributed by atoms with van der Waals surface area (Å²) >= 11 is 0. The van der Waals surface area contributed by atoms with E-state index in [0.29, 0.717) is 5.92 Å². The van der Waals surface area contributed by atoms with Gasteiger partial charge >= 0.3 is 6.03 Å². The minimum atomic E-state index is -0.0576. The fourth-order valence-electron chi connectivity index (χ4n) is 3.66. The number of amides is 1. The molecule has 2 bridgehead atoms. The number of fused-ring (bicyclic) bond motifs is 2. The minimum absolute atomic E-state index is 0.0576. The first kappa shape index (κ1) is 10.8. The molecule has 1 aromatic rings. The molecule has 4 heteroatoms. The zero-order valence-electron chi connectivity index (χ0n) is 10.2. The summed E-state index contributed by atoms with van der Waals surface area (Å²) < 4.78 is 1.50. The molecular weight excluding hydrogens is 214 g/mol. The highest BCUT2D eigenvalue weighted by Crippen LogP contribution is 2.49. The Labute approximate surface area is 101 Å². The van der Waals surface area contributed by atoms with Crippen molar-refractivity contribution in [1.29, 1.82) is 0 Å². The van der Waals surface area contributed by atoms with Crippen LogP contribution in [0.1, 0.15) is 32.6 Å². The third-order valence-electron chi connectivity index (χ3n) is 4.53. The maximum atomic E-state index is 11.9. The van der Waals surface area contributed by atoms with Crippen LogP contribution in [0.5, 0.6) is 0 Å². The van der Waals surface area contributed by atoms with Crippen LogP contribution in [0.2, 0.25) is 0 Å². The first-order valence-electron chi connectivity index (χ1n) is 6.53. The van der Waals surface area contributed by atoms with Gasteiger partial charge in [-0.2, -0.15) is 0 Å². The van der Waals surface area contributed by atoms with Crippen molar-refractivity contribution < 1.29 is 4.79 Å². The van der Waals surface area contributed by atoms with Crippen LogP contribution in [-0.4, -0.2) is 21.6 Å². The van der Waals surface area contributed by atoms with E-state index in [1.54, 1.807) is 18.7 Å². The average Bonchev–Trinajstić information content (AvgIpc) is 3.05. The van der Waals surface area contributed by atoms with Crippen LogP contribution in [0.3, 0.4) is 0 Å². The number of nitrogens with zero attached hydrogens (tertiary/aromatic N) is 2. The Morgan fingerprint density at radius 3 is 2.94 bits per heavy atom. The van der Waals surface area contributed by atoms with Crippen LogP contribution in [-0.2, 0) is 0 Å². The first-order chi connectivity index (χ1) is 8.24. The lowest BCUT2D eigenvalue weighted by Gasteiger charge is -2.28. The maximum absolute atomic E-state index is 11.9. The Bertz CT molecular complexity index is 401. The quantitative estimate of drug-likeness (QED) is 0.851. The fraction of sp³-hybridized carbons (Fsp3) is 0.692. The van der Waals surface area contributed by atoms with Gasteiger partial charge in [0, 0.05) is 18.4 Å². The van der Waals surface area contributed by atoms with Crippen molar-refractivity contribution in [2.75, 3.05) is 0 Å². The predicted molar refractivity (Wildman–Crippen MR) is 64.6 cm³/mol. The van der Waals surface area contributed by atoms with Crippen molar-refractivity contribution in [3.05, 3.63) is 18.7 Å². The summed E-state index contributed by atoms with van der Waals surface area (Å²) in [7, 11) is 0. The third kappa shape index (κ3) is 1.96. The summed E-state index contributed by atoms with van der Waals surface area (Å²) in [6.45, 7) is 2.14.